The lowest BCUT2D eigenvalue weighted by Crippen LogP contribution is -2.06. The molecule has 0 aliphatic heterocycles. The molecule has 3 rings (SSSR count). The minimum Gasteiger partial charge on any atom is -0.382 e. The third-order valence-corrected chi connectivity index (χ3v) is 4.31. The molecule has 0 saturated heterocycles. The molecule has 1 aromatic heterocycles. The number of aromatic nitrogens is 2. The highest BCUT2D eigenvalue weighted by Crippen LogP contribution is 2.41. The van der Waals surface area contributed by atoms with Crippen LogP contribution in [0.1, 0.15) is 43.7 Å². The number of anilines is 1. The molecular weight excluding hydrogens is 258 g/mol. The molecule has 1 fully saturated rings. The molecule has 1 saturated carbocycles. The van der Waals surface area contributed by atoms with E-state index in [1.165, 1.54) is 32.1 Å². The first kappa shape index (κ1) is 12.5. The molecule has 1 aromatic carbocycles. The molecule has 0 spiro atoms. The second kappa shape index (κ2) is 5.25. The molecule has 0 unspecified atom stereocenters. The molecule has 4 heteroatoms. The predicted octanol–water partition coefficient (Wildman–Crippen LogP) is 4.36. The number of nitrogen functional groups attached to an aromatic ring is 1. The van der Waals surface area contributed by atoms with Crippen LogP contribution in [0.2, 0.25) is 5.02 Å². The smallest absolute Gasteiger partial charge is 0.153 e. The van der Waals surface area contributed by atoms with Gasteiger partial charge in [0.15, 0.2) is 5.82 Å². The van der Waals surface area contributed by atoms with Gasteiger partial charge in [-0.15, -0.1) is 0 Å². The molecule has 0 atom stereocenters. The summed E-state index contributed by atoms with van der Waals surface area (Å²) < 4.78 is 0. The summed E-state index contributed by atoms with van der Waals surface area (Å²) in [5.74, 6) is 1.08. The van der Waals surface area contributed by atoms with E-state index in [0.29, 0.717) is 11.7 Å². The van der Waals surface area contributed by atoms with E-state index in [0.717, 1.165) is 21.8 Å². The van der Waals surface area contributed by atoms with Gasteiger partial charge in [0.1, 0.15) is 0 Å². The van der Waals surface area contributed by atoms with Gasteiger partial charge in [0, 0.05) is 27.8 Å². The minimum absolute atomic E-state index is 0.532. The zero-order valence-electron chi connectivity index (χ0n) is 10.8. The Balaban J connectivity index is 2.06. The summed E-state index contributed by atoms with van der Waals surface area (Å²) in [5.41, 5.74) is 9.19. The lowest BCUT2D eigenvalue weighted by molar-refractivity contribution is 0.437. The van der Waals surface area contributed by atoms with Crippen molar-refractivity contribution in [2.75, 3.05) is 5.73 Å². The van der Waals surface area contributed by atoms with Crippen LogP contribution in [0.4, 0.5) is 5.82 Å². The Hall–Kier alpha value is -1.48. The van der Waals surface area contributed by atoms with Crippen molar-refractivity contribution in [1.29, 1.82) is 0 Å². The standard InChI is InChI=1S/C15H18ClN3/c16-12-9-5-4-8-11(12)13-14(18-19-15(13)17)10-6-2-1-3-7-10/h4-5,8-10H,1-3,6-7H2,(H3,17,18,19). The molecule has 100 valence electrons. The number of nitrogens with two attached hydrogens (primary N) is 1. The number of nitrogens with zero attached hydrogens (tertiary/aromatic N) is 1. The number of nitrogens with one attached hydrogen (secondary N) is 1. The quantitative estimate of drug-likeness (QED) is 0.855. The molecule has 1 aliphatic carbocycles. The fraction of sp³-hybridized carbons (Fsp3) is 0.400. The van der Waals surface area contributed by atoms with Crippen molar-refractivity contribution >= 4 is 17.4 Å². The Morgan fingerprint density at radius 2 is 1.89 bits per heavy atom. The highest BCUT2D eigenvalue weighted by Gasteiger charge is 2.24. The van der Waals surface area contributed by atoms with Crippen LogP contribution >= 0.6 is 11.6 Å². The average molecular weight is 276 g/mol. The van der Waals surface area contributed by atoms with Crippen LogP contribution in [-0.2, 0) is 0 Å². The fourth-order valence-electron chi connectivity index (χ4n) is 3.00. The van der Waals surface area contributed by atoms with E-state index >= 15 is 0 Å². The van der Waals surface area contributed by atoms with Crippen molar-refractivity contribution in [2.45, 2.75) is 38.0 Å². The fourth-order valence-corrected chi connectivity index (χ4v) is 3.23. The average Bonchev–Trinajstić information content (AvgIpc) is 2.82. The first-order valence-electron chi connectivity index (χ1n) is 6.86. The lowest BCUT2D eigenvalue weighted by Gasteiger charge is -2.21. The molecule has 3 nitrogen and oxygen atoms in total. The Labute approximate surface area is 118 Å². The van der Waals surface area contributed by atoms with Crippen molar-refractivity contribution < 1.29 is 0 Å². The zero-order valence-corrected chi connectivity index (χ0v) is 11.6. The maximum atomic E-state index is 6.30. The summed E-state index contributed by atoms with van der Waals surface area (Å²) in [6.45, 7) is 0. The van der Waals surface area contributed by atoms with Crippen molar-refractivity contribution in [3.63, 3.8) is 0 Å². The maximum Gasteiger partial charge on any atom is 0.153 e. The Morgan fingerprint density at radius 1 is 1.16 bits per heavy atom. The van der Waals surface area contributed by atoms with Crippen LogP contribution in [-0.4, -0.2) is 10.2 Å². The number of hydrogen-bond acceptors (Lipinski definition) is 2. The van der Waals surface area contributed by atoms with Crippen LogP contribution < -0.4 is 5.73 Å². The molecule has 0 radical (unpaired) electrons. The van der Waals surface area contributed by atoms with E-state index in [2.05, 4.69) is 10.2 Å². The second-order valence-corrected chi connectivity index (χ2v) is 5.62. The molecule has 1 aliphatic rings. The van der Waals surface area contributed by atoms with Crippen LogP contribution in [0.15, 0.2) is 24.3 Å². The number of aromatic amines is 1. The first-order chi connectivity index (χ1) is 9.27. The van der Waals surface area contributed by atoms with Gasteiger partial charge in [-0.25, -0.2) is 0 Å². The van der Waals surface area contributed by atoms with Gasteiger partial charge in [-0.2, -0.15) is 5.10 Å². The monoisotopic (exact) mass is 275 g/mol. The minimum atomic E-state index is 0.532. The van der Waals surface area contributed by atoms with Gasteiger partial charge in [0.25, 0.3) is 0 Å². The Morgan fingerprint density at radius 3 is 2.63 bits per heavy atom. The Kier molecular flexibility index (Phi) is 3.47. The van der Waals surface area contributed by atoms with E-state index in [9.17, 15) is 0 Å². The summed E-state index contributed by atoms with van der Waals surface area (Å²) in [6, 6.07) is 7.82. The van der Waals surface area contributed by atoms with Crippen LogP contribution in [0, 0.1) is 0 Å². The van der Waals surface area contributed by atoms with Gasteiger partial charge in [-0.05, 0) is 18.9 Å². The summed E-state index contributed by atoms with van der Waals surface area (Å²) >= 11 is 6.30. The van der Waals surface area contributed by atoms with Crippen LogP contribution in [0.25, 0.3) is 11.1 Å². The molecule has 19 heavy (non-hydrogen) atoms. The summed E-state index contributed by atoms with van der Waals surface area (Å²) in [7, 11) is 0. The molecular formula is C15H18ClN3. The SMILES string of the molecule is Nc1n[nH]c(C2CCCCC2)c1-c1ccccc1Cl. The second-order valence-electron chi connectivity index (χ2n) is 5.21. The van der Waals surface area contributed by atoms with Crippen molar-refractivity contribution in [3.05, 3.63) is 35.0 Å². The van der Waals surface area contributed by atoms with Gasteiger partial charge in [-0.1, -0.05) is 49.1 Å². The molecule has 0 amide bonds. The van der Waals surface area contributed by atoms with Gasteiger partial charge in [0.2, 0.25) is 0 Å². The molecule has 3 N–H and O–H groups in total. The van der Waals surface area contributed by atoms with E-state index in [-0.39, 0.29) is 0 Å². The predicted molar refractivity (Wildman–Crippen MR) is 79.3 cm³/mol. The van der Waals surface area contributed by atoms with Gasteiger partial charge in [0.05, 0.1) is 0 Å². The van der Waals surface area contributed by atoms with Crippen molar-refractivity contribution in [2.24, 2.45) is 0 Å². The lowest BCUT2D eigenvalue weighted by atomic mass is 9.84. The van der Waals surface area contributed by atoms with Crippen LogP contribution in [0.3, 0.4) is 0 Å². The highest BCUT2D eigenvalue weighted by molar-refractivity contribution is 6.33. The van der Waals surface area contributed by atoms with Gasteiger partial charge < -0.3 is 5.73 Å². The molecule has 0 bridgehead atoms. The van der Waals surface area contributed by atoms with Gasteiger partial charge in [-0.3, -0.25) is 5.10 Å². The number of hydrogen-bond donors (Lipinski definition) is 2. The topological polar surface area (TPSA) is 54.7 Å². The van der Waals surface area contributed by atoms with E-state index in [1.54, 1.807) is 0 Å². The number of H-pyrrole nitrogens is 1. The van der Waals surface area contributed by atoms with E-state index < -0.39 is 0 Å². The molecule has 1 heterocycles. The first-order valence-corrected chi connectivity index (χ1v) is 7.24. The van der Waals surface area contributed by atoms with E-state index in [1.807, 2.05) is 24.3 Å². The number of halogens is 1. The van der Waals surface area contributed by atoms with Crippen molar-refractivity contribution in [1.82, 2.24) is 10.2 Å². The Bertz CT molecular complexity index is 571. The highest BCUT2D eigenvalue weighted by atomic mass is 35.5. The zero-order chi connectivity index (χ0) is 13.2. The normalized spacial score (nSPS) is 16.7. The van der Waals surface area contributed by atoms with Gasteiger partial charge >= 0.3 is 0 Å². The third kappa shape index (κ3) is 2.35. The molecule has 2 aromatic rings. The number of benzene rings is 1. The third-order valence-electron chi connectivity index (χ3n) is 3.98. The maximum absolute atomic E-state index is 6.30. The summed E-state index contributed by atoms with van der Waals surface area (Å²) in [6.07, 6.45) is 6.32. The summed E-state index contributed by atoms with van der Waals surface area (Å²) in [5, 5.41) is 8.07. The largest absolute Gasteiger partial charge is 0.382 e. The summed E-state index contributed by atoms with van der Waals surface area (Å²) in [4.78, 5) is 0. The van der Waals surface area contributed by atoms with E-state index in [4.69, 9.17) is 17.3 Å². The van der Waals surface area contributed by atoms with Crippen LogP contribution in [0.5, 0.6) is 0 Å². The number of rotatable bonds is 2. The van der Waals surface area contributed by atoms with Crippen molar-refractivity contribution in [3.8, 4) is 11.1 Å².